The number of carbonyl (C=O) groups excluding carboxylic acids is 2. The van der Waals surface area contributed by atoms with Crippen LogP contribution >= 0.6 is 0 Å². The predicted octanol–water partition coefficient (Wildman–Crippen LogP) is 4.37. The second kappa shape index (κ2) is 10.3. The first-order valence-electron chi connectivity index (χ1n) is 10.8. The average Bonchev–Trinajstić information content (AvgIpc) is 3.16. The SMILES string of the molecule is CCCc1c(OCCC2Cc3cc(C(=O)CCC(=O)O)ccc3O2)ccc(C(C)=O)c1O. The number of benzene rings is 2. The van der Waals surface area contributed by atoms with E-state index in [1.807, 2.05) is 6.92 Å². The molecule has 2 aromatic rings. The van der Waals surface area contributed by atoms with Crippen LogP contribution in [-0.4, -0.2) is 40.5 Å². The van der Waals surface area contributed by atoms with E-state index >= 15 is 0 Å². The van der Waals surface area contributed by atoms with Crippen LogP contribution in [0, 0.1) is 0 Å². The fraction of sp³-hybridized carbons (Fsp3) is 0.400. The first-order chi connectivity index (χ1) is 15.3. The van der Waals surface area contributed by atoms with Crippen molar-refractivity contribution in [2.75, 3.05) is 6.61 Å². The lowest BCUT2D eigenvalue weighted by atomic mass is 10.0. The van der Waals surface area contributed by atoms with E-state index in [-0.39, 0.29) is 36.3 Å². The number of rotatable bonds is 11. The first kappa shape index (κ1) is 23.3. The molecule has 1 heterocycles. The second-order valence-corrected chi connectivity index (χ2v) is 7.97. The lowest BCUT2D eigenvalue weighted by Gasteiger charge is -2.16. The number of carboxylic acids is 1. The highest BCUT2D eigenvalue weighted by atomic mass is 16.5. The largest absolute Gasteiger partial charge is 0.507 e. The van der Waals surface area contributed by atoms with Crippen molar-refractivity contribution in [1.82, 2.24) is 0 Å². The van der Waals surface area contributed by atoms with Crippen molar-refractivity contribution in [2.24, 2.45) is 0 Å². The van der Waals surface area contributed by atoms with Gasteiger partial charge in [0.25, 0.3) is 0 Å². The fourth-order valence-electron chi connectivity index (χ4n) is 3.85. The van der Waals surface area contributed by atoms with E-state index in [0.717, 1.165) is 17.7 Å². The van der Waals surface area contributed by atoms with E-state index in [4.69, 9.17) is 14.6 Å². The number of phenols is 1. The van der Waals surface area contributed by atoms with Gasteiger partial charge in [0.1, 0.15) is 23.4 Å². The fourth-order valence-corrected chi connectivity index (χ4v) is 3.85. The summed E-state index contributed by atoms with van der Waals surface area (Å²) in [5, 5.41) is 19.2. The number of aliphatic carboxylic acids is 1. The van der Waals surface area contributed by atoms with Gasteiger partial charge >= 0.3 is 5.97 Å². The Morgan fingerprint density at radius 1 is 1.16 bits per heavy atom. The molecule has 7 heteroatoms. The average molecular weight is 440 g/mol. The van der Waals surface area contributed by atoms with Gasteiger partial charge in [0.2, 0.25) is 0 Å². The summed E-state index contributed by atoms with van der Waals surface area (Å²) in [6, 6.07) is 8.50. The minimum atomic E-state index is -0.991. The Hall–Kier alpha value is -3.35. The zero-order valence-corrected chi connectivity index (χ0v) is 18.3. The summed E-state index contributed by atoms with van der Waals surface area (Å²) in [7, 11) is 0. The maximum atomic E-state index is 12.2. The molecule has 0 radical (unpaired) electrons. The molecule has 2 aromatic carbocycles. The standard InChI is InChI=1S/C25H28O7/c1-3-4-20-23(9-6-19(15(2)26)25(20)30)31-12-11-18-14-17-13-16(5-8-22(17)32-18)21(27)7-10-24(28)29/h5-6,8-9,13,18,30H,3-4,7,10-12,14H2,1-2H3,(H,28,29). The molecule has 0 aliphatic carbocycles. The van der Waals surface area contributed by atoms with E-state index < -0.39 is 5.97 Å². The van der Waals surface area contributed by atoms with Crippen LogP contribution in [0.1, 0.15) is 71.4 Å². The topological polar surface area (TPSA) is 110 Å². The van der Waals surface area contributed by atoms with Crippen LogP contribution in [0.25, 0.3) is 0 Å². The number of ether oxygens (including phenoxy) is 2. The van der Waals surface area contributed by atoms with Gasteiger partial charge in [-0.1, -0.05) is 13.3 Å². The number of Topliss-reactive ketones (excluding diaryl/α,β-unsaturated/α-hetero) is 2. The summed E-state index contributed by atoms with van der Waals surface area (Å²) in [6.07, 6.45) is 2.34. The van der Waals surface area contributed by atoms with Gasteiger partial charge in [-0.25, -0.2) is 0 Å². The Morgan fingerprint density at radius 2 is 1.94 bits per heavy atom. The molecule has 0 amide bonds. The highest BCUT2D eigenvalue weighted by Gasteiger charge is 2.24. The van der Waals surface area contributed by atoms with E-state index in [0.29, 0.717) is 48.3 Å². The van der Waals surface area contributed by atoms with Gasteiger partial charge in [0.15, 0.2) is 11.6 Å². The molecule has 0 saturated heterocycles. The summed E-state index contributed by atoms with van der Waals surface area (Å²) in [5.41, 5.74) is 2.35. The van der Waals surface area contributed by atoms with Crippen molar-refractivity contribution >= 4 is 17.5 Å². The van der Waals surface area contributed by atoms with Crippen molar-refractivity contribution in [3.05, 3.63) is 52.6 Å². The minimum Gasteiger partial charge on any atom is -0.507 e. The Bertz CT molecular complexity index is 1030. The molecule has 1 aliphatic heterocycles. The number of hydrogen-bond acceptors (Lipinski definition) is 6. The van der Waals surface area contributed by atoms with Crippen LogP contribution in [-0.2, 0) is 17.6 Å². The zero-order chi connectivity index (χ0) is 23.3. The molecule has 1 atom stereocenters. The van der Waals surface area contributed by atoms with E-state index in [1.165, 1.54) is 6.92 Å². The quantitative estimate of drug-likeness (QED) is 0.499. The number of phenolic OH excluding ortho intramolecular Hbond substituents is 1. The lowest BCUT2D eigenvalue weighted by molar-refractivity contribution is -0.136. The van der Waals surface area contributed by atoms with Gasteiger partial charge in [-0.3, -0.25) is 14.4 Å². The van der Waals surface area contributed by atoms with Crippen molar-refractivity contribution in [3.8, 4) is 17.2 Å². The van der Waals surface area contributed by atoms with Gasteiger partial charge in [-0.15, -0.1) is 0 Å². The summed E-state index contributed by atoms with van der Waals surface area (Å²) in [4.78, 5) is 34.5. The third-order valence-electron chi connectivity index (χ3n) is 5.51. The smallest absolute Gasteiger partial charge is 0.303 e. The Kier molecular flexibility index (Phi) is 7.51. The molecule has 7 nitrogen and oxygen atoms in total. The third-order valence-corrected chi connectivity index (χ3v) is 5.51. The summed E-state index contributed by atoms with van der Waals surface area (Å²) >= 11 is 0. The van der Waals surface area contributed by atoms with Crippen LogP contribution in [0.3, 0.4) is 0 Å². The Morgan fingerprint density at radius 3 is 2.62 bits per heavy atom. The van der Waals surface area contributed by atoms with Gasteiger partial charge in [-0.05, 0) is 49.2 Å². The first-order valence-corrected chi connectivity index (χ1v) is 10.8. The number of ketones is 2. The van der Waals surface area contributed by atoms with Crippen molar-refractivity contribution in [3.63, 3.8) is 0 Å². The van der Waals surface area contributed by atoms with Crippen molar-refractivity contribution < 1.29 is 34.1 Å². The van der Waals surface area contributed by atoms with Crippen LogP contribution in [0.15, 0.2) is 30.3 Å². The third kappa shape index (κ3) is 5.46. The Balaban J connectivity index is 1.59. The van der Waals surface area contributed by atoms with Gasteiger partial charge in [0, 0.05) is 30.4 Å². The maximum absolute atomic E-state index is 12.2. The molecule has 32 heavy (non-hydrogen) atoms. The molecule has 0 saturated carbocycles. The lowest BCUT2D eigenvalue weighted by Crippen LogP contribution is -2.17. The second-order valence-electron chi connectivity index (χ2n) is 7.97. The van der Waals surface area contributed by atoms with Gasteiger partial charge < -0.3 is 19.7 Å². The van der Waals surface area contributed by atoms with Crippen LogP contribution < -0.4 is 9.47 Å². The molecule has 170 valence electrons. The zero-order valence-electron chi connectivity index (χ0n) is 18.3. The number of carbonyl (C=O) groups is 3. The maximum Gasteiger partial charge on any atom is 0.303 e. The van der Waals surface area contributed by atoms with Crippen molar-refractivity contribution in [2.45, 2.75) is 58.5 Å². The summed E-state index contributed by atoms with van der Waals surface area (Å²) < 4.78 is 11.9. The number of fused-ring (bicyclic) bond motifs is 1. The molecule has 0 bridgehead atoms. The van der Waals surface area contributed by atoms with Crippen LogP contribution in [0.5, 0.6) is 17.2 Å². The normalized spacial score (nSPS) is 14.5. The molecule has 2 N–H and O–H groups in total. The van der Waals surface area contributed by atoms with E-state index in [1.54, 1.807) is 30.3 Å². The van der Waals surface area contributed by atoms with Crippen LogP contribution in [0.4, 0.5) is 0 Å². The molecule has 0 spiro atoms. The van der Waals surface area contributed by atoms with Gasteiger partial charge in [-0.2, -0.15) is 0 Å². The van der Waals surface area contributed by atoms with E-state index in [9.17, 15) is 19.5 Å². The van der Waals surface area contributed by atoms with Crippen molar-refractivity contribution in [1.29, 1.82) is 0 Å². The highest BCUT2D eigenvalue weighted by molar-refractivity contribution is 5.98. The predicted molar refractivity (Wildman–Crippen MR) is 118 cm³/mol. The molecule has 3 rings (SSSR count). The highest BCUT2D eigenvalue weighted by Crippen LogP contribution is 2.34. The van der Waals surface area contributed by atoms with Gasteiger partial charge in [0.05, 0.1) is 18.6 Å². The monoisotopic (exact) mass is 440 g/mol. The molecule has 0 fully saturated rings. The molecule has 0 aromatic heterocycles. The molecular weight excluding hydrogens is 412 g/mol. The van der Waals surface area contributed by atoms with Crippen LogP contribution in [0.2, 0.25) is 0 Å². The minimum absolute atomic E-state index is 0.0125. The Labute approximate surface area is 187 Å². The molecule has 1 unspecified atom stereocenters. The number of hydrogen-bond donors (Lipinski definition) is 2. The van der Waals surface area contributed by atoms with E-state index in [2.05, 4.69) is 0 Å². The summed E-state index contributed by atoms with van der Waals surface area (Å²) in [5.74, 6) is -0.101. The number of aromatic hydroxyl groups is 1. The molecule has 1 aliphatic rings. The number of carboxylic acid groups (broad SMARTS) is 1. The summed E-state index contributed by atoms with van der Waals surface area (Å²) in [6.45, 7) is 3.79. The molecular formula is C25H28O7.